The van der Waals surface area contributed by atoms with Gasteiger partial charge in [0.25, 0.3) is 11.8 Å². The smallest absolute Gasteiger partial charge is 0.323 e. The summed E-state index contributed by atoms with van der Waals surface area (Å²) < 4.78 is 43.5. The van der Waals surface area contributed by atoms with Crippen LogP contribution in [0.1, 0.15) is 43.2 Å². The van der Waals surface area contributed by atoms with Gasteiger partial charge in [-0.15, -0.1) is 0 Å². The van der Waals surface area contributed by atoms with Gasteiger partial charge < -0.3 is 29.1 Å². The van der Waals surface area contributed by atoms with E-state index in [9.17, 15) is 42.6 Å². The van der Waals surface area contributed by atoms with Gasteiger partial charge in [0, 0.05) is 48.0 Å². The second kappa shape index (κ2) is 14.3. The van der Waals surface area contributed by atoms with Gasteiger partial charge in [-0.3, -0.25) is 19.2 Å². The van der Waals surface area contributed by atoms with Crippen molar-refractivity contribution >= 4 is 45.6 Å². The maximum atomic E-state index is 13.7. The molecule has 4 aromatic carbocycles. The lowest BCUT2D eigenvalue weighted by atomic mass is 10.0. The van der Waals surface area contributed by atoms with Crippen LogP contribution in [0.3, 0.4) is 0 Å². The Morgan fingerprint density at radius 3 is 1.42 bits per heavy atom. The van der Waals surface area contributed by atoms with E-state index in [1.165, 1.54) is 51.6 Å². The van der Waals surface area contributed by atoms with Crippen LogP contribution in [0, 0.1) is 17.5 Å². The number of hydrogen-bond donors (Lipinski definition) is 2. The van der Waals surface area contributed by atoms with Crippen LogP contribution in [0.4, 0.5) is 13.2 Å². The summed E-state index contributed by atoms with van der Waals surface area (Å²) in [5.41, 5.74) is 4.94. The van der Waals surface area contributed by atoms with Crippen molar-refractivity contribution in [2.45, 2.75) is 39.0 Å². The predicted octanol–water partition coefficient (Wildman–Crippen LogP) is 6.27. The predicted molar refractivity (Wildman–Crippen MR) is 189 cm³/mol. The van der Waals surface area contributed by atoms with Crippen molar-refractivity contribution in [1.29, 1.82) is 0 Å². The Balaban J connectivity index is 0.000000164. The summed E-state index contributed by atoms with van der Waals surface area (Å²) in [6.45, 7) is 0.981. The zero-order chi connectivity index (χ0) is 37.4. The second-order valence-electron chi connectivity index (χ2n) is 13.0. The number of hydrogen-bond acceptors (Lipinski definition) is 4. The number of benzene rings is 4. The van der Waals surface area contributed by atoms with Crippen LogP contribution in [0.15, 0.2) is 91.0 Å². The number of aliphatic carboxylic acids is 2. The van der Waals surface area contributed by atoms with Crippen molar-refractivity contribution in [3.05, 3.63) is 142 Å². The maximum absolute atomic E-state index is 13.7. The SMILES string of the molecule is O=C(O)Cn1c2c(c3cc(F)ccc31)CCN(Cc1ccc(F)cc1)C2=O.O=C(O)Cn1c2c(c3cc(F)ccc31)CCN(Cc1ccccc1)C2=O. The fraction of sp³-hybridized carbons (Fsp3) is 0.200. The number of amides is 2. The van der Waals surface area contributed by atoms with Crippen molar-refractivity contribution in [3.8, 4) is 0 Å². The molecule has 6 aromatic rings. The number of rotatable bonds is 8. The molecule has 2 amide bonds. The molecule has 2 N–H and O–H groups in total. The van der Waals surface area contributed by atoms with Crippen LogP contribution in [-0.2, 0) is 48.6 Å². The summed E-state index contributed by atoms with van der Waals surface area (Å²) in [6.07, 6.45) is 1.06. The van der Waals surface area contributed by atoms with E-state index in [2.05, 4.69) is 0 Å². The molecule has 2 aromatic heterocycles. The molecule has 2 aliphatic heterocycles. The average Bonchev–Trinajstić information content (AvgIpc) is 3.60. The molecule has 0 fully saturated rings. The first-order chi connectivity index (χ1) is 25.5. The number of fused-ring (bicyclic) bond motifs is 6. The molecule has 0 spiro atoms. The van der Waals surface area contributed by atoms with Crippen molar-refractivity contribution in [1.82, 2.24) is 18.9 Å². The van der Waals surface area contributed by atoms with Crippen LogP contribution in [0.2, 0.25) is 0 Å². The van der Waals surface area contributed by atoms with E-state index in [0.29, 0.717) is 72.1 Å². The minimum absolute atomic E-state index is 0.215. The van der Waals surface area contributed by atoms with Crippen LogP contribution in [0.25, 0.3) is 21.8 Å². The minimum Gasteiger partial charge on any atom is -0.480 e. The first kappa shape index (κ1) is 35.1. The lowest BCUT2D eigenvalue weighted by molar-refractivity contribution is -0.138. The van der Waals surface area contributed by atoms with Crippen LogP contribution >= 0.6 is 0 Å². The van der Waals surface area contributed by atoms with Crippen molar-refractivity contribution in [2.24, 2.45) is 0 Å². The van der Waals surface area contributed by atoms with E-state index >= 15 is 0 Å². The second-order valence-corrected chi connectivity index (χ2v) is 13.0. The lowest BCUT2D eigenvalue weighted by Crippen LogP contribution is -2.38. The molecule has 0 unspecified atom stereocenters. The molecule has 8 rings (SSSR count). The Morgan fingerprint density at radius 2 is 0.981 bits per heavy atom. The monoisotopic (exact) mass is 722 g/mol. The summed E-state index contributed by atoms with van der Waals surface area (Å²) in [5, 5.41) is 19.7. The topological polar surface area (TPSA) is 125 Å². The quantitative estimate of drug-likeness (QED) is 0.191. The zero-order valence-corrected chi connectivity index (χ0v) is 28.3. The molecule has 2 aliphatic rings. The van der Waals surface area contributed by atoms with E-state index in [1.54, 1.807) is 28.0 Å². The molecule has 0 aliphatic carbocycles. The minimum atomic E-state index is -1.08. The first-order valence-corrected chi connectivity index (χ1v) is 16.9. The van der Waals surface area contributed by atoms with Crippen molar-refractivity contribution in [2.75, 3.05) is 13.1 Å². The molecule has 10 nitrogen and oxygen atoms in total. The van der Waals surface area contributed by atoms with Gasteiger partial charge in [0.05, 0.1) is 0 Å². The molecule has 0 saturated heterocycles. The fourth-order valence-electron chi connectivity index (χ4n) is 7.30. The molecule has 13 heteroatoms. The van der Waals surface area contributed by atoms with E-state index in [-0.39, 0.29) is 36.4 Å². The average molecular weight is 723 g/mol. The van der Waals surface area contributed by atoms with Crippen LogP contribution in [-0.4, -0.2) is 66.0 Å². The Labute approximate surface area is 300 Å². The molecule has 0 saturated carbocycles. The Kier molecular flexibility index (Phi) is 9.48. The van der Waals surface area contributed by atoms with Crippen LogP contribution in [0.5, 0.6) is 0 Å². The molecular formula is C40H33F3N4O6. The van der Waals surface area contributed by atoms with Gasteiger partial charge in [-0.1, -0.05) is 42.5 Å². The normalized spacial score (nSPS) is 13.9. The van der Waals surface area contributed by atoms with Gasteiger partial charge in [-0.2, -0.15) is 0 Å². The van der Waals surface area contributed by atoms with Crippen molar-refractivity contribution < 1.29 is 42.6 Å². The maximum Gasteiger partial charge on any atom is 0.323 e. The van der Waals surface area contributed by atoms with E-state index in [0.717, 1.165) is 16.7 Å². The van der Waals surface area contributed by atoms with Gasteiger partial charge >= 0.3 is 11.9 Å². The Hall–Kier alpha value is -6.37. The van der Waals surface area contributed by atoms with Gasteiger partial charge in [-0.25, -0.2) is 13.2 Å². The molecule has 0 atom stereocenters. The molecule has 0 radical (unpaired) electrons. The summed E-state index contributed by atoms with van der Waals surface area (Å²) in [5.74, 6) is -3.82. The van der Waals surface area contributed by atoms with Gasteiger partial charge in [0.2, 0.25) is 0 Å². The third kappa shape index (κ3) is 6.97. The highest BCUT2D eigenvalue weighted by atomic mass is 19.1. The molecule has 0 bridgehead atoms. The number of carboxylic acids is 2. The molecular weight excluding hydrogens is 689 g/mol. The summed E-state index contributed by atoms with van der Waals surface area (Å²) in [7, 11) is 0. The number of nitrogens with zero attached hydrogens (tertiary/aromatic N) is 4. The summed E-state index contributed by atoms with van der Waals surface area (Å²) >= 11 is 0. The van der Waals surface area contributed by atoms with Crippen LogP contribution < -0.4 is 0 Å². The standard InChI is InChI=1S/C20H16F2N2O3.C20H17FN2O3/c21-13-3-1-12(2-4-13)10-23-8-7-15-16-9-14(22)5-6-17(16)24(11-18(25)26)19(15)20(23)27;21-14-6-7-17-16(10-14)15-8-9-22(11-13-4-2-1-3-5-13)20(26)19(15)23(17)12-18(24)25/h1-6,9H,7-8,10-11H2,(H,25,26);1-7,10H,8-9,11-12H2,(H,24,25). The third-order valence-corrected chi connectivity index (χ3v) is 9.59. The molecule has 4 heterocycles. The van der Waals surface area contributed by atoms with Gasteiger partial charge in [-0.05, 0) is 83.6 Å². The number of aromatic nitrogens is 2. The fourth-order valence-corrected chi connectivity index (χ4v) is 7.30. The zero-order valence-electron chi connectivity index (χ0n) is 28.3. The Bertz CT molecular complexity index is 2410. The largest absolute Gasteiger partial charge is 0.480 e. The van der Waals surface area contributed by atoms with E-state index < -0.39 is 23.6 Å². The number of carbonyl (C=O) groups excluding carboxylic acids is 2. The highest BCUT2D eigenvalue weighted by Gasteiger charge is 2.33. The number of carbonyl (C=O) groups is 4. The van der Waals surface area contributed by atoms with Gasteiger partial charge in [0.1, 0.15) is 41.9 Å². The van der Waals surface area contributed by atoms with E-state index in [4.69, 9.17) is 0 Å². The highest BCUT2D eigenvalue weighted by molar-refractivity contribution is 6.04. The molecule has 53 heavy (non-hydrogen) atoms. The summed E-state index contributed by atoms with van der Waals surface area (Å²) in [4.78, 5) is 52.1. The Morgan fingerprint density at radius 1 is 0.566 bits per heavy atom. The molecule has 270 valence electrons. The lowest BCUT2D eigenvalue weighted by Gasteiger charge is -2.28. The third-order valence-electron chi connectivity index (χ3n) is 9.59. The number of halogens is 3. The van der Waals surface area contributed by atoms with Gasteiger partial charge in [0.15, 0.2) is 0 Å². The highest BCUT2D eigenvalue weighted by Crippen LogP contribution is 2.33. The number of carboxylic acid groups (broad SMARTS) is 2. The first-order valence-electron chi connectivity index (χ1n) is 16.9. The van der Waals surface area contributed by atoms with E-state index in [1.807, 2.05) is 30.3 Å². The van der Waals surface area contributed by atoms with Crippen molar-refractivity contribution in [3.63, 3.8) is 0 Å². The summed E-state index contributed by atoms with van der Waals surface area (Å²) in [6, 6.07) is 23.9.